The predicted molar refractivity (Wildman–Crippen MR) is 118 cm³/mol. The number of nitrogens with zero attached hydrogens (tertiary/aromatic N) is 2. The van der Waals surface area contributed by atoms with Crippen LogP contribution >= 0.6 is 24.0 Å². The lowest BCUT2D eigenvalue weighted by molar-refractivity contribution is 0.0222. The summed E-state index contributed by atoms with van der Waals surface area (Å²) in [6.45, 7) is 4.63. The highest BCUT2D eigenvalue weighted by atomic mass is 127. The van der Waals surface area contributed by atoms with Crippen LogP contribution < -0.4 is 5.32 Å². The third-order valence-electron chi connectivity index (χ3n) is 6.71. The largest absolute Gasteiger partial charge is 0.469 e. The van der Waals surface area contributed by atoms with Crippen LogP contribution in [0.15, 0.2) is 27.8 Å². The molecule has 7 heteroatoms. The van der Waals surface area contributed by atoms with Crippen molar-refractivity contribution in [2.45, 2.75) is 56.8 Å². The van der Waals surface area contributed by atoms with Gasteiger partial charge in [-0.25, -0.2) is 0 Å². The molecule has 0 amide bonds. The van der Waals surface area contributed by atoms with Crippen molar-refractivity contribution < 1.29 is 13.9 Å². The van der Waals surface area contributed by atoms with Crippen molar-refractivity contribution in [1.82, 2.24) is 10.2 Å². The monoisotopic (exact) mass is 501 g/mol. The molecule has 5 heterocycles. The number of fused-ring (bicyclic) bond motifs is 5. The molecular weight excluding hydrogens is 469 g/mol. The van der Waals surface area contributed by atoms with E-state index in [1.165, 1.54) is 25.7 Å². The van der Waals surface area contributed by atoms with Crippen molar-refractivity contribution in [1.29, 1.82) is 0 Å². The normalized spacial score (nSPS) is 34.4. The molecule has 0 saturated carbocycles. The molecule has 5 unspecified atom stereocenters. The highest BCUT2D eigenvalue weighted by Crippen LogP contribution is 2.47. The van der Waals surface area contributed by atoms with Gasteiger partial charge in [-0.1, -0.05) is 0 Å². The minimum Gasteiger partial charge on any atom is -0.469 e. The second kappa shape index (κ2) is 9.34. The number of hydrogen-bond acceptors (Lipinski definition) is 4. The summed E-state index contributed by atoms with van der Waals surface area (Å²) in [4.78, 5) is 7.45. The number of hydrogen-bond donors (Lipinski definition) is 1. The van der Waals surface area contributed by atoms with Gasteiger partial charge in [0.1, 0.15) is 5.76 Å². The lowest BCUT2D eigenvalue weighted by Crippen LogP contribution is -2.42. The van der Waals surface area contributed by atoms with Crippen LogP contribution in [-0.4, -0.2) is 62.0 Å². The van der Waals surface area contributed by atoms with Gasteiger partial charge in [-0.05, 0) is 44.2 Å². The van der Waals surface area contributed by atoms with Gasteiger partial charge in [0.15, 0.2) is 5.96 Å². The Hall–Kier alpha value is -0.800. The van der Waals surface area contributed by atoms with Crippen molar-refractivity contribution >= 4 is 29.9 Å². The van der Waals surface area contributed by atoms with Crippen LogP contribution in [0.25, 0.3) is 0 Å². The van der Waals surface area contributed by atoms with Gasteiger partial charge in [-0.2, -0.15) is 0 Å². The Balaban J connectivity index is 0.00000192. The van der Waals surface area contributed by atoms with Crippen LogP contribution in [0.5, 0.6) is 0 Å². The van der Waals surface area contributed by atoms with E-state index in [0.717, 1.165) is 57.3 Å². The van der Waals surface area contributed by atoms with Crippen molar-refractivity contribution in [3.8, 4) is 0 Å². The van der Waals surface area contributed by atoms with Crippen LogP contribution in [-0.2, 0) is 15.9 Å². The Labute approximate surface area is 184 Å². The van der Waals surface area contributed by atoms with E-state index >= 15 is 0 Å². The molecule has 4 aliphatic rings. The van der Waals surface area contributed by atoms with E-state index < -0.39 is 0 Å². The summed E-state index contributed by atoms with van der Waals surface area (Å²) in [5.74, 6) is 3.44. The Bertz CT molecular complexity index is 629. The minimum atomic E-state index is 0. The summed E-state index contributed by atoms with van der Waals surface area (Å²) in [6, 6.07) is 3.98. The topological polar surface area (TPSA) is 59.2 Å². The number of aliphatic imine (C=N–C) groups is 1. The molecule has 0 spiro atoms. The number of rotatable bonds is 5. The van der Waals surface area contributed by atoms with E-state index in [2.05, 4.69) is 10.2 Å². The molecule has 0 aromatic carbocycles. The molecule has 4 saturated heterocycles. The van der Waals surface area contributed by atoms with Crippen LogP contribution in [0, 0.1) is 11.8 Å². The molecule has 28 heavy (non-hydrogen) atoms. The summed E-state index contributed by atoms with van der Waals surface area (Å²) in [6.07, 6.45) is 9.93. The first-order valence-electron chi connectivity index (χ1n) is 10.7. The maximum absolute atomic E-state index is 6.13. The first-order chi connectivity index (χ1) is 13.4. The molecule has 1 N–H and O–H groups in total. The third kappa shape index (κ3) is 4.36. The number of halogens is 1. The molecule has 4 fully saturated rings. The predicted octanol–water partition coefficient (Wildman–Crippen LogP) is 3.06. The van der Waals surface area contributed by atoms with Gasteiger partial charge in [-0.3, -0.25) is 4.99 Å². The van der Waals surface area contributed by atoms with Crippen molar-refractivity contribution in [2.24, 2.45) is 16.8 Å². The Morgan fingerprint density at radius 3 is 2.64 bits per heavy atom. The zero-order chi connectivity index (χ0) is 18.1. The molecule has 4 aliphatic heterocycles. The molecule has 6 nitrogen and oxygen atoms in total. The lowest BCUT2D eigenvalue weighted by atomic mass is 9.82. The molecule has 5 atom stereocenters. The molecule has 1 aromatic rings. The molecule has 1 aromatic heterocycles. The summed E-state index contributed by atoms with van der Waals surface area (Å²) in [7, 11) is 0. The summed E-state index contributed by atoms with van der Waals surface area (Å²) in [5, 5.41) is 3.60. The van der Waals surface area contributed by atoms with Gasteiger partial charge in [-0.15, -0.1) is 24.0 Å². The maximum atomic E-state index is 6.13. The van der Waals surface area contributed by atoms with E-state index in [1.54, 1.807) is 6.26 Å². The van der Waals surface area contributed by atoms with Gasteiger partial charge in [0.2, 0.25) is 0 Å². The lowest BCUT2D eigenvalue weighted by Gasteiger charge is -2.26. The van der Waals surface area contributed by atoms with E-state index in [0.29, 0.717) is 24.0 Å². The fourth-order valence-electron chi connectivity index (χ4n) is 5.29. The fraction of sp³-hybridized carbons (Fsp3) is 0.762. The van der Waals surface area contributed by atoms with E-state index in [-0.39, 0.29) is 30.1 Å². The number of likely N-dealkylation sites (tertiary alicyclic amines) is 1. The van der Waals surface area contributed by atoms with Crippen LogP contribution in [0.3, 0.4) is 0 Å². The second-order valence-electron chi connectivity index (χ2n) is 8.43. The van der Waals surface area contributed by atoms with Crippen molar-refractivity contribution in [2.75, 3.05) is 32.8 Å². The third-order valence-corrected chi connectivity index (χ3v) is 6.71. The van der Waals surface area contributed by atoms with Crippen LogP contribution in [0.2, 0.25) is 0 Å². The molecule has 156 valence electrons. The Kier molecular flexibility index (Phi) is 6.83. The first kappa shape index (κ1) is 20.5. The van der Waals surface area contributed by atoms with Gasteiger partial charge in [0, 0.05) is 44.5 Å². The average Bonchev–Trinajstić information content (AvgIpc) is 3.48. The standard InChI is InChI=1S/C21H31N3O3.HI/c1-2-10-26-16(4-1)12-23-21(22-9-8-15-5-3-11-25-15)24-13-17-18(14-24)20-7-6-19(17)27-20;/h3,5,11,16-20H,1-2,4,6-10,12-14H2,(H,22,23);1H. The molecule has 5 rings (SSSR count). The highest BCUT2D eigenvalue weighted by Gasteiger charge is 2.53. The van der Waals surface area contributed by atoms with Crippen molar-refractivity contribution in [3.63, 3.8) is 0 Å². The minimum absolute atomic E-state index is 0. The van der Waals surface area contributed by atoms with Gasteiger partial charge in [0.25, 0.3) is 0 Å². The summed E-state index contributed by atoms with van der Waals surface area (Å²) >= 11 is 0. The number of ether oxygens (including phenoxy) is 2. The zero-order valence-corrected chi connectivity index (χ0v) is 18.8. The van der Waals surface area contributed by atoms with Gasteiger partial charge < -0.3 is 24.1 Å². The van der Waals surface area contributed by atoms with E-state index in [1.807, 2.05) is 12.1 Å². The van der Waals surface area contributed by atoms with E-state index in [9.17, 15) is 0 Å². The molecule has 0 aliphatic carbocycles. The average molecular weight is 501 g/mol. The zero-order valence-electron chi connectivity index (χ0n) is 16.4. The van der Waals surface area contributed by atoms with E-state index in [4.69, 9.17) is 18.9 Å². The van der Waals surface area contributed by atoms with Crippen LogP contribution in [0.4, 0.5) is 0 Å². The van der Waals surface area contributed by atoms with Crippen LogP contribution in [0.1, 0.15) is 37.9 Å². The number of nitrogens with one attached hydrogen (secondary N) is 1. The maximum Gasteiger partial charge on any atom is 0.194 e. The Morgan fingerprint density at radius 2 is 1.96 bits per heavy atom. The smallest absolute Gasteiger partial charge is 0.194 e. The fourth-order valence-corrected chi connectivity index (χ4v) is 5.29. The molecular formula is C21H32IN3O3. The summed E-state index contributed by atoms with van der Waals surface area (Å²) < 4.78 is 17.5. The Morgan fingerprint density at radius 1 is 1.14 bits per heavy atom. The highest BCUT2D eigenvalue weighted by molar-refractivity contribution is 14.0. The van der Waals surface area contributed by atoms with Gasteiger partial charge in [0.05, 0.1) is 31.1 Å². The molecule has 2 bridgehead atoms. The molecule has 0 radical (unpaired) electrons. The van der Waals surface area contributed by atoms with Crippen molar-refractivity contribution in [3.05, 3.63) is 24.2 Å². The second-order valence-corrected chi connectivity index (χ2v) is 8.43. The van der Waals surface area contributed by atoms with Gasteiger partial charge >= 0.3 is 0 Å². The first-order valence-corrected chi connectivity index (χ1v) is 10.7. The number of furan rings is 1. The quantitative estimate of drug-likeness (QED) is 0.382. The number of guanidine groups is 1. The SMILES string of the molecule is I.c1coc(CCNC(=NCC2CCCCO2)N2CC3C4CCC(O4)C3C2)c1. The summed E-state index contributed by atoms with van der Waals surface area (Å²) in [5.41, 5.74) is 0.